The van der Waals surface area contributed by atoms with E-state index in [1.54, 1.807) is 0 Å². The molecule has 30 heavy (non-hydrogen) atoms. The first-order valence-corrected chi connectivity index (χ1v) is 13.5. The summed E-state index contributed by atoms with van der Waals surface area (Å²) in [5, 5.41) is 21.0. The Morgan fingerprint density at radius 2 is 1.60 bits per heavy atom. The van der Waals surface area contributed by atoms with Crippen molar-refractivity contribution in [3.05, 3.63) is 0 Å². The van der Waals surface area contributed by atoms with Crippen LogP contribution in [0.2, 0.25) is 0 Å². The zero-order chi connectivity index (χ0) is 22.2. The predicted octanol–water partition coefficient (Wildman–Crippen LogP) is 7.36. The third-order valence-corrected chi connectivity index (χ3v) is 11.1. The van der Waals surface area contributed by atoms with E-state index in [1.807, 2.05) is 0 Å². The highest BCUT2D eigenvalue weighted by Crippen LogP contribution is 2.64. The third-order valence-electron chi connectivity index (χ3n) is 11.1. The molecule has 0 radical (unpaired) electrons. The predicted molar refractivity (Wildman–Crippen MR) is 127 cm³/mol. The molecule has 176 valence electrons. The summed E-state index contributed by atoms with van der Waals surface area (Å²) in [5.74, 6) is 4.00. The van der Waals surface area contributed by atoms with Gasteiger partial charge in [0.15, 0.2) is 0 Å². The van der Waals surface area contributed by atoms with Crippen molar-refractivity contribution in [2.75, 3.05) is 0 Å². The van der Waals surface area contributed by atoms with Gasteiger partial charge in [-0.25, -0.2) is 0 Å². The summed E-state index contributed by atoms with van der Waals surface area (Å²) in [6.45, 7) is 14.3. The van der Waals surface area contributed by atoms with Gasteiger partial charge in [0.05, 0.1) is 11.7 Å². The molecule has 0 saturated heterocycles. The average Bonchev–Trinajstić information content (AvgIpc) is 3.09. The quantitative estimate of drug-likeness (QED) is 0.430. The molecule has 3 rings (SSSR count). The summed E-state index contributed by atoms with van der Waals surface area (Å²) in [6, 6.07) is 0. The molecule has 0 aliphatic heterocycles. The fourth-order valence-electron chi connectivity index (χ4n) is 8.43. The molecule has 0 aromatic carbocycles. The largest absolute Gasteiger partial charge is 0.393 e. The van der Waals surface area contributed by atoms with Crippen LogP contribution >= 0.6 is 0 Å². The van der Waals surface area contributed by atoms with Crippen LogP contribution in [0.15, 0.2) is 0 Å². The van der Waals surface area contributed by atoms with Crippen LogP contribution in [0.3, 0.4) is 0 Å². The Hall–Kier alpha value is -0.0800. The van der Waals surface area contributed by atoms with Crippen molar-refractivity contribution in [1.82, 2.24) is 0 Å². The second-order valence-corrected chi connectivity index (χ2v) is 12.4. The van der Waals surface area contributed by atoms with Crippen molar-refractivity contribution >= 4 is 0 Å². The van der Waals surface area contributed by atoms with Crippen molar-refractivity contribution in [1.29, 1.82) is 0 Å². The number of aliphatic hydroxyl groups is 2. The number of rotatable bonds is 8. The molecule has 9 atom stereocenters. The van der Waals surface area contributed by atoms with Gasteiger partial charge in [-0.2, -0.15) is 0 Å². The molecule has 0 bridgehead atoms. The molecule has 0 amide bonds. The molecule has 2 N–H and O–H groups in total. The van der Waals surface area contributed by atoms with E-state index in [9.17, 15) is 10.2 Å². The molecule has 0 heterocycles. The summed E-state index contributed by atoms with van der Waals surface area (Å²) in [4.78, 5) is 0. The van der Waals surface area contributed by atoms with Gasteiger partial charge in [0.2, 0.25) is 0 Å². The SMILES string of the molecule is CC[C@H](O)CC[C@@H](C)[C@H]1CC[C@H]2C[C@@H]([C@@]3(C)CC[C@@](O)(CC)C[C@@H]3CC)CC[C@@]21C. The fourth-order valence-corrected chi connectivity index (χ4v) is 8.43. The highest BCUT2D eigenvalue weighted by molar-refractivity contribution is 5.05. The molecule has 0 spiro atoms. The Kier molecular flexibility index (Phi) is 7.71. The van der Waals surface area contributed by atoms with Crippen LogP contribution in [-0.2, 0) is 0 Å². The van der Waals surface area contributed by atoms with Crippen LogP contribution in [0, 0.1) is 40.4 Å². The van der Waals surface area contributed by atoms with Crippen molar-refractivity contribution in [3.8, 4) is 0 Å². The van der Waals surface area contributed by atoms with Gasteiger partial charge in [-0.1, -0.05) is 48.0 Å². The van der Waals surface area contributed by atoms with E-state index < -0.39 is 5.60 Å². The fraction of sp³-hybridized carbons (Fsp3) is 1.00. The van der Waals surface area contributed by atoms with Crippen molar-refractivity contribution < 1.29 is 10.2 Å². The van der Waals surface area contributed by atoms with Gasteiger partial charge in [-0.05, 0) is 117 Å². The van der Waals surface area contributed by atoms with Crippen LogP contribution in [0.1, 0.15) is 125 Å². The van der Waals surface area contributed by atoms with Gasteiger partial charge in [-0.3, -0.25) is 0 Å². The monoisotopic (exact) mass is 420 g/mol. The summed E-state index contributed by atoms with van der Waals surface area (Å²) >= 11 is 0. The van der Waals surface area contributed by atoms with Crippen molar-refractivity contribution in [3.63, 3.8) is 0 Å². The Morgan fingerprint density at radius 1 is 0.900 bits per heavy atom. The van der Waals surface area contributed by atoms with Gasteiger partial charge >= 0.3 is 0 Å². The lowest BCUT2D eigenvalue weighted by Gasteiger charge is -2.56. The summed E-state index contributed by atoms with van der Waals surface area (Å²) in [6.07, 6.45) is 15.4. The minimum Gasteiger partial charge on any atom is -0.393 e. The molecule has 2 nitrogen and oxygen atoms in total. The van der Waals surface area contributed by atoms with Gasteiger partial charge in [0.25, 0.3) is 0 Å². The zero-order valence-corrected chi connectivity index (χ0v) is 21.1. The first-order chi connectivity index (χ1) is 14.1. The second-order valence-electron chi connectivity index (χ2n) is 12.4. The molecule has 3 aliphatic rings. The lowest BCUT2D eigenvalue weighted by Crippen LogP contribution is -2.49. The molecule has 0 aromatic heterocycles. The van der Waals surface area contributed by atoms with Gasteiger partial charge < -0.3 is 10.2 Å². The minimum atomic E-state index is -0.402. The lowest BCUT2D eigenvalue weighted by molar-refractivity contribution is -0.106. The molecule has 2 heteroatoms. The van der Waals surface area contributed by atoms with Crippen LogP contribution < -0.4 is 0 Å². The maximum atomic E-state index is 11.0. The highest BCUT2D eigenvalue weighted by atomic mass is 16.3. The van der Waals surface area contributed by atoms with E-state index in [-0.39, 0.29) is 6.10 Å². The summed E-state index contributed by atoms with van der Waals surface area (Å²) in [5.41, 5.74) is 0.538. The molecule has 0 unspecified atom stereocenters. The molecule has 3 saturated carbocycles. The second kappa shape index (κ2) is 9.42. The number of hydrogen-bond donors (Lipinski definition) is 2. The zero-order valence-electron chi connectivity index (χ0n) is 21.1. The van der Waals surface area contributed by atoms with Gasteiger partial charge in [0, 0.05) is 0 Å². The normalized spacial score (nSPS) is 46.4. The van der Waals surface area contributed by atoms with E-state index in [0.717, 1.165) is 55.8 Å². The van der Waals surface area contributed by atoms with E-state index >= 15 is 0 Å². The van der Waals surface area contributed by atoms with E-state index in [4.69, 9.17) is 0 Å². The molecule has 3 fully saturated rings. The van der Waals surface area contributed by atoms with E-state index in [2.05, 4.69) is 41.5 Å². The van der Waals surface area contributed by atoms with Gasteiger partial charge in [0.1, 0.15) is 0 Å². The molecular weight excluding hydrogens is 368 g/mol. The first-order valence-electron chi connectivity index (χ1n) is 13.5. The minimum absolute atomic E-state index is 0.104. The van der Waals surface area contributed by atoms with E-state index in [0.29, 0.717) is 16.7 Å². The Labute approximate surface area is 187 Å². The Balaban J connectivity index is 1.66. The third kappa shape index (κ3) is 4.52. The standard InChI is InChI=1S/C28H52O2/c1-7-21-19-28(30,9-3)17-16-26(21,5)23-14-15-27(6)22(18-23)11-13-25(27)20(4)10-12-24(29)8-2/h20-25,29-30H,7-19H2,1-6H3/t20-,21+,22+,23+,24+,25-,26+,27+,28+/m1/s1. The summed E-state index contributed by atoms with van der Waals surface area (Å²) < 4.78 is 0. The highest BCUT2D eigenvalue weighted by Gasteiger charge is 2.55. The van der Waals surface area contributed by atoms with Gasteiger partial charge in [-0.15, -0.1) is 0 Å². The number of fused-ring (bicyclic) bond motifs is 1. The maximum absolute atomic E-state index is 11.0. The van der Waals surface area contributed by atoms with Crippen LogP contribution in [0.5, 0.6) is 0 Å². The number of aliphatic hydroxyl groups excluding tert-OH is 1. The molecule has 3 aliphatic carbocycles. The van der Waals surface area contributed by atoms with Crippen LogP contribution in [-0.4, -0.2) is 21.9 Å². The molecule has 0 aromatic rings. The van der Waals surface area contributed by atoms with Crippen LogP contribution in [0.25, 0.3) is 0 Å². The topological polar surface area (TPSA) is 40.5 Å². The summed E-state index contributed by atoms with van der Waals surface area (Å²) in [7, 11) is 0. The first kappa shape index (κ1) is 24.6. The number of hydrogen-bond acceptors (Lipinski definition) is 2. The Bertz CT molecular complexity index is 561. The Morgan fingerprint density at radius 3 is 2.23 bits per heavy atom. The lowest BCUT2D eigenvalue weighted by atomic mass is 9.50. The average molecular weight is 421 g/mol. The maximum Gasteiger partial charge on any atom is 0.0648 e. The van der Waals surface area contributed by atoms with Crippen molar-refractivity contribution in [2.24, 2.45) is 40.4 Å². The van der Waals surface area contributed by atoms with Crippen molar-refractivity contribution in [2.45, 2.75) is 137 Å². The van der Waals surface area contributed by atoms with Crippen LogP contribution in [0.4, 0.5) is 0 Å². The van der Waals surface area contributed by atoms with E-state index in [1.165, 1.54) is 51.4 Å². The smallest absolute Gasteiger partial charge is 0.0648 e. The molecular formula is C28H52O2.